The van der Waals surface area contributed by atoms with Gasteiger partial charge in [-0.3, -0.25) is 4.79 Å². The summed E-state index contributed by atoms with van der Waals surface area (Å²) >= 11 is 3.03. The number of likely N-dealkylation sites (tertiary alicyclic amines) is 1. The Bertz CT molecular complexity index is 481. The van der Waals surface area contributed by atoms with E-state index in [0.717, 1.165) is 12.1 Å². The number of rotatable bonds is 1. The molecule has 1 aliphatic rings. The van der Waals surface area contributed by atoms with Gasteiger partial charge in [0.15, 0.2) is 0 Å². The fourth-order valence-corrected chi connectivity index (χ4v) is 2.45. The molecule has 0 N–H and O–H groups in total. The molecule has 0 saturated carbocycles. The molecule has 0 atom stereocenters. The Morgan fingerprint density at radius 1 is 1.39 bits per heavy atom. The van der Waals surface area contributed by atoms with E-state index < -0.39 is 11.7 Å². The number of hydrogen-bond acceptors (Lipinski definition) is 1. The van der Waals surface area contributed by atoms with Gasteiger partial charge >= 0.3 is 6.18 Å². The lowest BCUT2D eigenvalue weighted by Gasteiger charge is -2.37. The summed E-state index contributed by atoms with van der Waals surface area (Å²) in [5, 5.41) is 0. The molecule has 0 spiro atoms. The van der Waals surface area contributed by atoms with E-state index in [1.165, 1.54) is 6.07 Å². The predicted octanol–water partition coefficient (Wildman–Crippen LogP) is 3.56. The second kappa shape index (κ2) is 4.57. The topological polar surface area (TPSA) is 20.3 Å². The molecular weight excluding hydrogens is 311 g/mol. The van der Waals surface area contributed by atoms with E-state index in [1.807, 2.05) is 6.92 Å². The van der Waals surface area contributed by atoms with Crippen LogP contribution in [0.5, 0.6) is 0 Å². The van der Waals surface area contributed by atoms with Crippen LogP contribution in [0.15, 0.2) is 22.7 Å². The van der Waals surface area contributed by atoms with Crippen LogP contribution in [0.2, 0.25) is 0 Å². The van der Waals surface area contributed by atoms with Crippen molar-refractivity contribution in [2.75, 3.05) is 13.1 Å². The SMILES string of the molecule is CC1CN(C(=O)c2ccc(C(F)(F)F)cc2Br)C1. The first-order valence-corrected chi connectivity index (χ1v) is 6.24. The van der Waals surface area contributed by atoms with Crippen LogP contribution in [0.25, 0.3) is 0 Å². The van der Waals surface area contributed by atoms with Crippen LogP contribution in [0.1, 0.15) is 22.8 Å². The fourth-order valence-electron chi connectivity index (χ4n) is 1.90. The lowest BCUT2D eigenvalue weighted by Crippen LogP contribution is -2.48. The third-order valence-corrected chi connectivity index (χ3v) is 3.53. The number of halogens is 4. The number of alkyl halides is 3. The number of benzene rings is 1. The molecule has 98 valence electrons. The first kappa shape index (κ1) is 13.4. The molecular formula is C12H11BrF3NO. The summed E-state index contributed by atoms with van der Waals surface area (Å²) in [4.78, 5) is 13.6. The maximum absolute atomic E-state index is 12.5. The maximum Gasteiger partial charge on any atom is 0.416 e. The van der Waals surface area contributed by atoms with Crippen molar-refractivity contribution in [2.45, 2.75) is 13.1 Å². The van der Waals surface area contributed by atoms with Crippen molar-refractivity contribution in [3.8, 4) is 0 Å². The van der Waals surface area contributed by atoms with Crippen molar-refractivity contribution in [1.82, 2.24) is 4.90 Å². The van der Waals surface area contributed by atoms with Crippen LogP contribution in [-0.2, 0) is 6.18 Å². The Morgan fingerprint density at radius 2 is 2.00 bits per heavy atom. The van der Waals surface area contributed by atoms with Gasteiger partial charge in [0.05, 0.1) is 11.1 Å². The molecule has 0 aliphatic carbocycles. The zero-order valence-corrected chi connectivity index (χ0v) is 11.2. The Hall–Kier alpha value is -1.04. The van der Waals surface area contributed by atoms with Crippen molar-refractivity contribution in [1.29, 1.82) is 0 Å². The van der Waals surface area contributed by atoms with E-state index in [1.54, 1.807) is 4.90 Å². The van der Waals surface area contributed by atoms with Gasteiger partial charge in [-0.25, -0.2) is 0 Å². The summed E-state index contributed by atoms with van der Waals surface area (Å²) in [7, 11) is 0. The van der Waals surface area contributed by atoms with Crippen LogP contribution in [0.3, 0.4) is 0 Å². The van der Waals surface area contributed by atoms with E-state index in [2.05, 4.69) is 15.9 Å². The van der Waals surface area contributed by atoms with Crippen molar-refractivity contribution >= 4 is 21.8 Å². The molecule has 1 heterocycles. The number of carbonyl (C=O) groups is 1. The lowest BCUT2D eigenvalue weighted by molar-refractivity contribution is -0.137. The van der Waals surface area contributed by atoms with Gasteiger partial charge in [-0.05, 0) is 40.0 Å². The molecule has 1 amide bonds. The average Bonchev–Trinajstić information content (AvgIpc) is 2.22. The Labute approximate surface area is 111 Å². The third kappa shape index (κ3) is 2.53. The van der Waals surface area contributed by atoms with Crippen LogP contribution in [0, 0.1) is 5.92 Å². The minimum absolute atomic E-state index is 0.182. The molecule has 2 rings (SSSR count). The highest BCUT2D eigenvalue weighted by Gasteiger charge is 2.33. The highest BCUT2D eigenvalue weighted by Crippen LogP contribution is 2.33. The van der Waals surface area contributed by atoms with Gasteiger partial charge in [0.2, 0.25) is 0 Å². The highest BCUT2D eigenvalue weighted by molar-refractivity contribution is 9.10. The normalized spacial score (nSPS) is 16.6. The van der Waals surface area contributed by atoms with Crippen LogP contribution in [-0.4, -0.2) is 23.9 Å². The Balaban J connectivity index is 2.22. The molecule has 1 aromatic carbocycles. The summed E-state index contributed by atoms with van der Waals surface area (Å²) in [6, 6.07) is 3.09. The van der Waals surface area contributed by atoms with Gasteiger partial charge in [-0.15, -0.1) is 0 Å². The first-order valence-electron chi connectivity index (χ1n) is 5.45. The van der Waals surface area contributed by atoms with E-state index in [-0.39, 0.29) is 15.9 Å². The summed E-state index contributed by atoms with van der Waals surface area (Å²) < 4.78 is 37.6. The minimum atomic E-state index is -4.39. The standard InChI is InChI=1S/C12H11BrF3NO/c1-7-5-17(6-7)11(18)9-3-2-8(4-10(9)13)12(14,15)16/h2-4,7H,5-6H2,1H3. The van der Waals surface area contributed by atoms with Crippen molar-refractivity contribution in [3.05, 3.63) is 33.8 Å². The van der Waals surface area contributed by atoms with Crippen molar-refractivity contribution in [3.63, 3.8) is 0 Å². The number of carbonyl (C=O) groups excluding carboxylic acids is 1. The maximum atomic E-state index is 12.5. The smallest absolute Gasteiger partial charge is 0.338 e. The largest absolute Gasteiger partial charge is 0.416 e. The molecule has 1 saturated heterocycles. The average molecular weight is 322 g/mol. The van der Waals surface area contributed by atoms with Gasteiger partial charge in [-0.1, -0.05) is 6.92 Å². The molecule has 1 aliphatic heterocycles. The van der Waals surface area contributed by atoms with Gasteiger partial charge in [0, 0.05) is 17.6 Å². The minimum Gasteiger partial charge on any atom is -0.338 e. The Morgan fingerprint density at radius 3 is 2.44 bits per heavy atom. The summed E-state index contributed by atoms with van der Waals surface area (Å²) in [6.07, 6.45) is -4.39. The van der Waals surface area contributed by atoms with Crippen LogP contribution >= 0.6 is 15.9 Å². The molecule has 0 bridgehead atoms. The van der Waals surface area contributed by atoms with Crippen molar-refractivity contribution < 1.29 is 18.0 Å². The molecule has 1 fully saturated rings. The van der Waals surface area contributed by atoms with Gasteiger partial charge in [0.1, 0.15) is 0 Å². The second-order valence-electron chi connectivity index (χ2n) is 4.51. The fraction of sp³-hybridized carbons (Fsp3) is 0.417. The predicted molar refractivity (Wildman–Crippen MR) is 64.2 cm³/mol. The van der Waals surface area contributed by atoms with E-state index in [4.69, 9.17) is 0 Å². The molecule has 0 radical (unpaired) electrons. The molecule has 0 unspecified atom stereocenters. The Kier molecular flexibility index (Phi) is 3.40. The molecule has 2 nitrogen and oxygen atoms in total. The van der Waals surface area contributed by atoms with Crippen LogP contribution < -0.4 is 0 Å². The van der Waals surface area contributed by atoms with E-state index in [9.17, 15) is 18.0 Å². The van der Waals surface area contributed by atoms with Crippen molar-refractivity contribution in [2.24, 2.45) is 5.92 Å². The highest BCUT2D eigenvalue weighted by atomic mass is 79.9. The van der Waals surface area contributed by atoms with E-state index in [0.29, 0.717) is 19.0 Å². The zero-order valence-electron chi connectivity index (χ0n) is 9.59. The summed E-state index contributed by atoms with van der Waals surface area (Å²) in [6.45, 7) is 3.34. The molecule has 0 aromatic heterocycles. The summed E-state index contributed by atoms with van der Waals surface area (Å²) in [5.74, 6) is 0.232. The number of hydrogen-bond donors (Lipinski definition) is 0. The quantitative estimate of drug-likeness (QED) is 0.774. The second-order valence-corrected chi connectivity index (χ2v) is 5.36. The van der Waals surface area contributed by atoms with Gasteiger partial charge < -0.3 is 4.90 Å². The van der Waals surface area contributed by atoms with Crippen LogP contribution in [0.4, 0.5) is 13.2 Å². The third-order valence-electron chi connectivity index (χ3n) is 2.88. The molecule has 6 heteroatoms. The monoisotopic (exact) mass is 321 g/mol. The lowest BCUT2D eigenvalue weighted by atomic mass is 10.0. The van der Waals surface area contributed by atoms with Gasteiger partial charge in [-0.2, -0.15) is 13.2 Å². The molecule has 18 heavy (non-hydrogen) atoms. The first-order chi connectivity index (χ1) is 8.29. The number of nitrogens with zero attached hydrogens (tertiary/aromatic N) is 1. The summed E-state index contributed by atoms with van der Waals surface area (Å²) in [5.41, 5.74) is -0.488. The molecule has 1 aromatic rings. The zero-order chi connectivity index (χ0) is 13.5. The number of amides is 1. The van der Waals surface area contributed by atoms with E-state index >= 15 is 0 Å². The van der Waals surface area contributed by atoms with Gasteiger partial charge in [0.25, 0.3) is 5.91 Å².